The van der Waals surface area contributed by atoms with Crippen LogP contribution < -0.4 is 11.0 Å². The molecular weight excluding hydrogens is 427 g/mol. The predicted octanol–water partition coefficient (Wildman–Crippen LogP) is 3.80. The highest BCUT2D eigenvalue weighted by Gasteiger charge is 2.34. The molecule has 1 aromatic heterocycles. The summed E-state index contributed by atoms with van der Waals surface area (Å²) >= 11 is 0. The summed E-state index contributed by atoms with van der Waals surface area (Å²) in [4.78, 5) is 37.5. The Bertz CT molecular complexity index is 1200. The van der Waals surface area contributed by atoms with Crippen LogP contribution in [0.4, 0.5) is 18.9 Å². The van der Waals surface area contributed by atoms with Crippen LogP contribution in [0.5, 0.6) is 0 Å². The number of para-hydroxylation sites is 3. The van der Waals surface area contributed by atoms with E-state index in [1.807, 2.05) is 6.92 Å². The van der Waals surface area contributed by atoms with E-state index in [2.05, 4.69) is 5.32 Å². The molecule has 1 unspecified atom stereocenters. The van der Waals surface area contributed by atoms with Crippen molar-refractivity contribution in [3.63, 3.8) is 0 Å². The first-order valence-corrected chi connectivity index (χ1v) is 9.98. The van der Waals surface area contributed by atoms with Crippen molar-refractivity contribution in [2.24, 2.45) is 0 Å². The zero-order chi connectivity index (χ0) is 23.5. The van der Waals surface area contributed by atoms with E-state index in [1.165, 1.54) is 23.6 Å². The van der Waals surface area contributed by atoms with Gasteiger partial charge in [0.1, 0.15) is 6.54 Å². The number of hydrogen-bond donors (Lipinski definition) is 1. The Morgan fingerprint density at radius 3 is 2.25 bits per heavy atom. The first-order chi connectivity index (χ1) is 15.1. The number of nitrogens with zero attached hydrogens (tertiary/aromatic N) is 2. The van der Waals surface area contributed by atoms with Gasteiger partial charge in [-0.25, -0.2) is 4.79 Å². The molecular formula is C22H22F3N3O4. The maximum Gasteiger partial charge on any atom is 0.418 e. The molecule has 0 saturated heterocycles. The SMILES string of the molecule is CCCn1c(=O)n(CC(=O)OC(C)C(=O)Nc2ccccc2C(F)(F)F)c2ccccc21. The largest absolute Gasteiger partial charge is 0.451 e. The number of carbonyl (C=O) groups is 2. The van der Waals surface area contributed by atoms with Crippen molar-refractivity contribution in [2.75, 3.05) is 5.32 Å². The van der Waals surface area contributed by atoms with Gasteiger partial charge in [0.15, 0.2) is 6.10 Å². The number of carbonyl (C=O) groups excluding carboxylic acids is 2. The Hall–Kier alpha value is -3.56. The Kier molecular flexibility index (Phi) is 6.71. The summed E-state index contributed by atoms with van der Waals surface area (Å²) < 4.78 is 47.2. The lowest BCUT2D eigenvalue weighted by Gasteiger charge is -2.17. The number of hydrogen-bond acceptors (Lipinski definition) is 4. The second kappa shape index (κ2) is 9.29. The van der Waals surface area contributed by atoms with Crippen molar-refractivity contribution in [3.8, 4) is 0 Å². The highest BCUT2D eigenvalue weighted by Crippen LogP contribution is 2.34. The summed E-state index contributed by atoms with van der Waals surface area (Å²) in [6.07, 6.45) is -5.31. The number of ether oxygens (including phenoxy) is 1. The van der Waals surface area contributed by atoms with Crippen molar-refractivity contribution in [3.05, 3.63) is 64.6 Å². The molecule has 10 heteroatoms. The van der Waals surface area contributed by atoms with Crippen LogP contribution in [-0.2, 0) is 33.6 Å². The number of aromatic nitrogens is 2. The number of fused-ring (bicyclic) bond motifs is 1. The van der Waals surface area contributed by atoms with Crippen LogP contribution in [-0.4, -0.2) is 27.1 Å². The van der Waals surface area contributed by atoms with E-state index in [9.17, 15) is 27.6 Å². The minimum atomic E-state index is -4.66. The lowest BCUT2D eigenvalue weighted by molar-refractivity contribution is -0.153. The van der Waals surface area contributed by atoms with Crippen LogP contribution in [0.25, 0.3) is 11.0 Å². The van der Waals surface area contributed by atoms with Crippen molar-refractivity contribution < 1.29 is 27.5 Å². The maximum atomic E-state index is 13.1. The molecule has 0 bridgehead atoms. The van der Waals surface area contributed by atoms with Gasteiger partial charge in [0.25, 0.3) is 5.91 Å². The lowest BCUT2D eigenvalue weighted by atomic mass is 10.1. The molecule has 1 amide bonds. The fraction of sp³-hybridized carbons (Fsp3) is 0.318. The number of halogens is 3. The van der Waals surface area contributed by atoms with Gasteiger partial charge in [-0.3, -0.25) is 18.7 Å². The number of benzene rings is 2. The van der Waals surface area contributed by atoms with Crippen molar-refractivity contribution in [1.82, 2.24) is 9.13 Å². The second-order valence-electron chi connectivity index (χ2n) is 7.17. The van der Waals surface area contributed by atoms with Crippen LogP contribution >= 0.6 is 0 Å². The minimum Gasteiger partial charge on any atom is -0.451 e. The number of nitrogens with one attached hydrogen (secondary N) is 1. The summed E-state index contributed by atoms with van der Waals surface area (Å²) in [5, 5.41) is 2.14. The van der Waals surface area contributed by atoms with E-state index < -0.39 is 42.0 Å². The number of imidazole rings is 1. The molecule has 7 nitrogen and oxygen atoms in total. The summed E-state index contributed by atoms with van der Waals surface area (Å²) in [5.74, 6) is -1.78. The first-order valence-electron chi connectivity index (χ1n) is 9.98. The molecule has 0 aliphatic rings. The minimum absolute atomic E-state index is 0.388. The van der Waals surface area contributed by atoms with Gasteiger partial charge in [-0.15, -0.1) is 0 Å². The maximum absolute atomic E-state index is 13.1. The number of rotatable bonds is 7. The van der Waals surface area contributed by atoms with Gasteiger partial charge in [0, 0.05) is 6.54 Å². The zero-order valence-electron chi connectivity index (χ0n) is 17.5. The van der Waals surface area contributed by atoms with E-state index in [0.29, 0.717) is 17.6 Å². The topological polar surface area (TPSA) is 82.3 Å². The van der Waals surface area contributed by atoms with Gasteiger partial charge >= 0.3 is 17.8 Å². The van der Waals surface area contributed by atoms with Crippen molar-refractivity contribution in [2.45, 2.75) is 45.6 Å². The van der Waals surface area contributed by atoms with Crippen molar-refractivity contribution in [1.29, 1.82) is 0 Å². The number of alkyl halides is 3. The van der Waals surface area contributed by atoms with E-state index in [-0.39, 0.29) is 5.69 Å². The third kappa shape index (κ3) is 4.84. The number of amides is 1. The zero-order valence-corrected chi connectivity index (χ0v) is 17.5. The molecule has 170 valence electrons. The smallest absolute Gasteiger partial charge is 0.418 e. The van der Waals surface area contributed by atoms with Crippen LogP contribution in [0.2, 0.25) is 0 Å². The fourth-order valence-electron chi connectivity index (χ4n) is 3.36. The average Bonchev–Trinajstić information content (AvgIpc) is 2.99. The van der Waals surface area contributed by atoms with Gasteiger partial charge < -0.3 is 10.1 Å². The highest BCUT2D eigenvalue weighted by molar-refractivity contribution is 5.95. The molecule has 2 aromatic carbocycles. The van der Waals surface area contributed by atoms with E-state index in [0.717, 1.165) is 18.6 Å². The van der Waals surface area contributed by atoms with E-state index in [4.69, 9.17) is 4.74 Å². The molecule has 32 heavy (non-hydrogen) atoms. The van der Waals surface area contributed by atoms with Crippen molar-refractivity contribution >= 4 is 28.6 Å². The third-order valence-electron chi connectivity index (χ3n) is 4.83. The molecule has 1 N–H and O–H groups in total. The van der Waals surface area contributed by atoms with Gasteiger partial charge in [-0.05, 0) is 37.6 Å². The Morgan fingerprint density at radius 2 is 1.62 bits per heavy atom. The number of anilines is 1. The highest BCUT2D eigenvalue weighted by atomic mass is 19.4. The summed E-state index contributed by atoms with van der Waals surface area (Å²) in [5.41, 5.74) is -0.629. The predicted molar refractivity (Wildman–Crippen MR) is 112 cm³/mol. The lowest BCUT2D eigenvalue weighted by Crippen LogP contribution is -2.33. The van der Waals surface area contributed by atoms with E-state index in [1.54, 1.807) is 28.8 Å². The molecule has 1 atom stereocenters. The molecule has 0 radical (unpaired) electrons. The quantitative estimate of drug-likeness (QED) is 0.557. The average molecular weight is 449 g/mol. The van der Waals surface area contributed by atoms with Crippen LogP contribution in [0.15, 0.2) is 53.3 Å². The van der Waals surface area contributed by atoms with Crippen LogP contribution in [0.1, 0.15) is 25.8 Å². The standard InChI is InChI=1S/C22H22F3N3O4/c1-3-12-27-17-10-6-7-11-18(17)28(21(27)31)13-19(29)32-14(2)20(30)26-16-9-5-4-8-15(16)22(23,24)25/h4-11,14H,3,12-13H2,1-2H3,(H,26,30). The summed E-state index contributed by atoms with van der Waals surface area (Å²) in [7, 11) is 0. The molecule has 1 heterocycles. The second-order valence-corrected chi connectivity index (χ2v) is 7.17. The third-order valence-corrected chi connectivity index (χ3v) is 4.83. The van der Waals surface area contributed by atoms with Crippen LogP contribution in [0, 0.1) is 0 Å². The molecule has 0 spiro atoms. The monoisotopic (exact) mass is 449 g/mol. The van der Waals surface area contributed by atoms with Gasteiger partial charge in [-0.1, -0.05) is 31.2 Å². The van der Waals surface area contributed by atoms with E-state index >= 15 is 0 Å². The molecule has 3 aromatic rings. The molecule has 0 aliphatic carbocycles. The van der Waals surface area contributed by atoms with Crippen LogP contribution in [0.3, 0.4) is 0 Å². The summed E-state index contributed by atoms with van der Waals surface area (Å²) in [6, 6.07) is 11.5. The first kappa shape index (κ1) is 23.1. The van der Waals surface area contributed by atoms with Gasteiger partial charge in [-0.2, -0.15) is 13.2 Å². The number of esters is 1. The number of aryl methyl sites for hydroxylation is 1. The van der Waals surface area contributed by atoms with Gasteiger partial charge in [0.05, 0.1) is 22.3 Å². The molecule has 3 rings (SSSR count). The Morgan fingerprint density at radius 1 is 1.03 bits per heavy atom. The van der Waals surface area contributed by atoms with Gasteiger partial charge in [0.2, 0.25) is 0 Å². The Labute approximate surface area is 181 Å². The normalized spacial score (nSPS) is 12.5. The fourth-order valence-corrected chi connectivity index (χ4v) is 3.36. The molecule has 0 fully saturated rings. The molecule has 0 saturated carbocycles. The Balaban J connectivity index is 1.73. The molecule has 0 aliphatic heterocycles. The summed E-state index contributed by atoms with van der Waals surface area (Å²) in [6.45, 7) is 3.20.